The molecule has 1 aliphatic heterocycles. The molecule has 1 aliphatic rings. The summed E-state index contributed by atoms with van der Waals surface area (Å²) in [5.41, 5.74) is 4.38. The minimum absolute atomic E-state index is 0.118. The Balaban J connectivity index is 1.49. The molecule has 1 amide bonds. The predicted octanol–water partition coefficient (Wildman–Crippen LogP) is 5.43. The number of ether oxygens (including phenoxy) is 2. The molecule has 3 heterocycles. The Hall–Kier alpha value is -3.66. The Kier molecular flexibility index (Phi) is 7.27. The number of anilines is 1. The monoisotopic (exact) mass is 534 g/mol. The number of pyridine rings is 1. The maximum absolute atomic E-state index is 12.7. The van der Waals surface area contributed by atoms with Crippen molar-refractivity contribution >= 4 is 35.0 Å². The van der Waals surface area contributed by atoms with Gasteiger partial charge in [-0.25, -0.2) is 4.98 Å². The SMILES string of the molecule is COc1ccc(-c2nc3c(c(SCC(=O)Nc4cccc(Cl)c4)n2)Cc2c(CO)cnc(C)c2O3)cc1. The molecule has 188 valence electrons. The number of hydrogen-bond acceptors (Lipinski definition) is 8. The number of methoxy groups -OCH3 is 1. The average molecular weight is 535 g/mol. The van der Waals surface area contributed by atoms with E-state index in [0.29, 0.717) is 50.9 Å². The first kappa shape index (κ1) is 25.0. The lowest BCUT2D eigenvalue weighted by Crippen LogP contribution is -2.16. The first-order valence-corrected chi connectivity index (χ1v) is 12.8. The Morgan fingerprint density at radius 1 is 1.19 bits per heavy atom. The van der Waals surface area contributed by atoms with Crippen molar-refractivity contribution in [3.05, 3.63) is 82.1 Å². The van der Waals surface area contributed by atoms with E-state index in [9.17, 15) is 9.90 Å². The number of carbonyl (C=O) groups excluding carboxylic acids is 1. The van der Waals surface area contributed by atoms with Crippen LogP contribution in [0, 0.1) is 6.92 Å². The highest BCUT2D eigenvalue weighted by Gasteiger charge is 2.28. The summed E-state index contributed by atoms with van der Waals surface area (Å²) in [4.78, 5) is 26.6. The zero-order chi connectivity index (χ0) is 25.9. The number of nitrogens with zero attached hydrogens (tertiary/aromatic N) is 3. The van der Waals surface area contributed by atoms with Crippen LogP contribution in [-0.2, 0) is 17.8 Å². The Bertz CT molecular complexity index is 1480. The molecule has 10 heteroatoms. The smallest absolute Gasteiger partial charge is 0.234 e. The van der Waals surface area contributed by atoms with Crippen molar-refractivity contribution in [1.82, 2.24) is 15.0 Å². The van der Waals surface area contributed by atoms with Gasteiger partial charge >= 0.3 is 0 Å². The van der Waals surface area contributed by atoms with Crippen molar-refractivity contribution in [3.63, 3.8) is 0 Å². The molecule has 2 aromatic heterocycles. The van der Waals surface area contributed by atoms with E-state index >= 15 is 0 Å². The van der Waals surface area contributed by atoms with Crippen molar-refractivity contribution < 1.29 is 19.4 Å². The lowest BCUT2D eigenvalue weighted by atomic mass is 9.99. The number of hydrogen-bond donors (Lipinski definition) is 2. The second kappa shape index (κ2) is 10.8. The molecule has 2 aromatic carbocycles. The normalized spacial score (nSPS) is 11.8. The molecule has 0 saturated heterocycles. The predicted molar refractivity (Wildman–Crippen MR) is 143 cm³/mol. The number of benzene rings is 2. The van der Waals surface area contributed by atoms with Gasteiger partial charge in [0.05, 0.1) is 30.7 Å². The van der Waals surface area contributed by atoms with Crippen molar-refractivity contribution in [1.29, 1.82) is 0 Å². The number of carbonyl (C=O) groups is 1. The number of thioether (sulfide) groups is 1. The second-order valence-electron chi connectivity index (χ2n) is 8.33. The summed E-state index contributed by atoms with van der Waals surface area (Å²) in [6.45, 7) is 1.69. The number of aliphatic hydroxyl groups is 1. The molecule has 0 aliphatic carbocycles. The zero-order valence-corrected chi connectivity index (χ0v) is 21.7. The number of aromatic nitrogens is 3. The van der Waals surface area contributed by atoms with E-state index in [1.54, 1.807) is 37.6 Å². The van der Waals surface area contributed by atoms with Gasteiger partial charge in [0, 0.05) is 40.0 Å². The molecular weight excluding hydrogens is 512 g/mol. The Labute approximate surface area is 223 Å². The van der Waals surface area contributed by atoms with Crippen molar-refractivity contribution in [2.45, 2.75) is 25.0 Å². The van der Waals surface area contributed by atoms with E-state index < -0.39 is 0 Å². The number of fused-ring (bicyclic) bond motifs is 2. The van der Waals surface area contributed by atoms with Gasteiger partial charge in [-0.1, -0.05) is 29.4 Å². The maximum atomic E-state index is 12.7. The Morgan fingerprint density at radius 2 is 2.00 bits per heavy atom. The summed E-state index contributed by atoms with van der Waals surface area (Å²) in [5.74, 6) is 2.11. The van der Waals surface area contributed by atoms with Gasteiger partial charge in [0.25, 0.3) is 0 Å². The molecule has 0 fully saturated rings. The summed E-state index contributed by atoms with van der Waals surface area (Å²) in [6, 6.07) is 14.4. The van der Waals surface area contributed by atoms with Crippen LogP contribution < -0.4 is 14.8 Å². The van der Waals surface area contributed by atoms with Crippen molar-refractivity contribution in [2.75, 3.05) is 18.2 Å². The van der Waals surface area contributed by atoms with Crippen molar-refractivity contribution in [3.8, 4) is 28.8 Å². The van der Waals surface area contributed by atoms with Gasteiger partial charge in [0.2, 0.25) is 11.8 Å². The molecule has 0 radical (unpaired) electrons. The van der Waals surface area contributed by atoms with Gasteiger partial charge in [-0.2, -0.15) is 4.98 Å². The molecule has 0 unspecified atom stereocenters. The van der Waals surface area contributed by atoms with Crippen LogP contribution in [0.25, 0.3) is 11.4 Å². The number of amides is 1. The molecule has 0 atom stereocenters. The maximum Gasteiger partial charge on any atom is 0.234 e. The molecule has 37 heavy (non-hydrogen) atoms. The summed E-state index contributed by atoms with van der Waals surface area (Å²) in [7, 11) is 1.61. The van der Waals surface area contributed by atoms with Crippen LogP contribution in [0.2, 0.25) is 5.02 Å². The largest absolute Gasteiger partial charge is 0.497 e. The third kappa shape index (κ3) is 5.39. The van der Waals surface area contributed by atoms with E-state index in [-0.39, 0.29) is 18.3 Å². The van der Waals surface area contributed by atoms with E-state index in [4.69, 9.17) is 31.0 Å². The lowest BCUT2D eigenvalue weighted by molar-refractivity contribution is -0.113. The highest BCUT2D eigenvalue weighted by atomic mass is 35.5. The van der Waals surface area contributed by atoms with Crippen LogP contribution >= 0.6 is 23.4 Å². The molecule has 0 bridgehead atoms. The fourth-order valence-corrected chi connectivity index (χ4v) is 4.99. The summed E-state index contributed by atoms with van der Waals surface area (Å²) in [5, 5.41) is 13.9. The van der Waals surface area contributed by atoms with Crippen LogP contribution in [0.4, 0.5) is 5.69 Å². The van der Waals surface area contributed by atoms with E-state index in [1.807, 2.05) is 31.2 Å². The van der Waals surface area contributed by atoms with E-state index in [0.717, 1.165) is 22.4 Å². The molecule has 5 rings (SSSR count). The zero-order valence-electron chi connectivity index (χ0n) is 20.1. The average Bonchev–Trinajstić information content (AvgIpc) is 2.91. The summed E-state index contributed by atoms with van der Waals surface area (Å²) >= 11 is 7.33. The first-order valence-electron chi connectivity index (χ1n) is 11.4. The molecular formula is C27H23ClN4O4S. The minimum Gasteiger partial charge on any atom is -0.497 e. The molecule has 4 aromatic rings. The fourth-order valence-electron chi connectivity index (χ4n) is 3.98. The summed E-state index contributed by atoms with van der Waals surface area (Å²) in [6.07, 6.45) is 2.10. The van der Waals surface area contributed by atoms with Crippen molar-refractivity contribution in [2.24, 2.45) is 0 Å². The number of rotatable bonds is 7. The quantitative estimate of drug-likeness (QED) is 0.210. The van der Waals surface area contributed by atoms with Crippen LogP contribution in [0.1, 0.15) is 22.4 Å². The third-order valence-corrected chi connectivity index (χ3v) is 7.11. The molecule has 2 N–H and O–H groups in total. The third-order valence-electron chi connectivity index (χ3n) is 5.85. The topological polar surface area (TPSA) is 106 Å². The highest BCUT2D eigenvalue weighted by Crippen LogP contribution is 2.42. The van der Waals surface area contributed by atoms with Gasteiger partial charge in [0.15, 0.2) is 11.6 Å². The van der Waals surface area contributed by atoms with Crippen LogP contribution in [0.15, 0.2) is 59.8 Å². The van der Waals surface area contributed by atoms with Gasteiger partial charge in [0.1, 0.15) is 10.8 Å². The van der Waals surface area contributed by atoms with Gasteiger partial charge in [-0.3, -0.25) is 9.78 Å². The van der Waals surface area contributed by atoms with Gasteiger partial charge in [-0.05, 0) is 49.4 Å². The fraction of sp³-hybridized carbons (Fsp3) is 0.185. The summed E-state index contributed by atoms with van der Waals surface area (Å²) < 4.78 is 11.5. The van der Waals surface area contributed by atoms with E-state index in [2.05, 4.69) is 10.3 Å². The standard InChI is InChI=1S/C27H23ClN4O4S/c1-15-24-21(17(13-33)12-29-15)11-22-26(36-24)31-25(16-6-8-20(35-2)9-7-16)32-27(22)37-14-23(34)30-19-5-3-4-18(28)10-19/h3-10,12,33H,11,13-14H2,1-2H3,(H,30,34). The van der Waals surface area contributed by atoms with Gasteiger partial charge in [-0.15, -0.1) is 0 Å². The van der Waals surface area contributed by atoms with Gasteiger partial charge < -0.3 is 19.9 Å². The Morgan fingerprint density at radius 3 is 2.73 bits per heavy atom. The second-order valence-corrected chi connectivity index (χ2v) is 9.73. The number of nitrogens with one attached hydrogen (secondary N) is 1. The highest BCUT2D eigenvalue weighted by molar-refractivity contribution is 8.00. The first-order chi connectivity index (χ1) is 17.9. The van der Waals surface area contributed by atoms with E-state index in [1.165, 1.54) is 11.8 Å². The van der Waals surface area contributed by atoms with Crippen LogP contribution in [0.5, 0.6) is 17.4 Å². The van der Waals surface area contributed by atoms with Crippen LogP contribution in [-0.4, -0.2) is 38.8 Å². The number of aryl methyl sites for hydroxylation is 1. The number of aliphatic hydroxyl groups excluding tert-OH is 1. The minimum atomic E-state index is -0.196. The molecule has 0 spiro atoms. The van der Waals surface area contributed by atoms with Crippen LogP contribution in [0.3, 0.4) is 0 Å². The molecule has 0 saturated carbocycles. The number of halogens is 1. The lowest BCUT2D eigenvalue weighted by Gasteiger charge is -2.24. The molecule has 8 nitrogen and oxygen atoms in total.